The number of anilines is 1. The van der Waals surface area contributed by atoms with Gasteiger partial charge in [-0.3, -0.25) is 14.9 Å². The average molecular weight is 306 g/mol. The van der Waals surface area contributed by atoms with E-state index in [1.54, 1.807) is 36.0 Å². The Kier molecular flexibility index (Phi) is 4.57. The van der Waals surface area contributed by atoms with Gasteiger partial charge in [0.1, 0.15) is 0 Å². The molecule has 6 heteroatoms. The van der Waals surface area contributed by atoms with Crippen molar-refractivity contribution in [2.75, 3.05) is 11.6 Å². The number of aromatic nitrogens is 1. The van der Waals surface area contributed by atoms with Crippen molar-refractivity contribution in [3.8, 4) is 0 Å². The number of hydrogen-bond donors (Lipinski definition) is 1. The number of Topliss-reactive ketones (excluding diaryl/α,β-unsaturated/α-hetero) is 1. The van der Waals surface area contributed by atoms with Crippen LogP contribution in [-0.4, -0.2) is 22.9 Å². The molecule has 2 aromatic rings. The molecule has 0 saturated heterocycles. The van der Waals surface area contributed by atoms with Crippen LogP contribution in [-0.2, 0) is 0 Å². The van der Waals surface area contributed by atoms with Crippen molar-refractivity contribution in [2.24, 2.45) is 0 Å². The molecule has 0 atom stereocenters. The van der Waals surface area contributed by atoms with Gasteiger partial charge in [0.2, 0.25) is 0 Å². The predicted molar refractivity (Wildman–Crippen MR) is 83.0 cm³/mol. The third-order valence-electron chi connectivity index (χ3n) is 2.71. The van der Waals surface area contributed by atoms with E-state index >= 15 is 0 Å². The lowest BCUT2D eigenvalue weighted by Gasteiger charge is -2.02. The summed E-state index contributed by atoms with van der Waals surface area (Å²) in [6, 6.07) is 6.58. The lowest BCUT2D eigenvalue weighted by molar-refractivity contribution is 0.100. The highest BCUT2D eigenvalue weighted by Crippen LogP contribution is 2.30. The highest BCUT2D eigenvalue weighted by Gasteiger charge is 2.11. The number of thiazole rings is 1. The SMILES string of the molecule is CSc1sc(NC(=O)c2ccc(C(C)=O)cc2)nc1C. The molecule has 0 radical (unpaired) electrons. The fourth-order valence-corrected chi connectivity index (χ4v) is 3.26. The van der Waals surface area contributed by atoms with E-state index in [9.17, 15) is 9.59 Å². The third kappa shape index (κ3) is 3.26. The first-order valence-corrected chi connectivity index (χ1v) is 7.99. The molecular formula is C14H14N2O2S2. The molecule has 2 rings (SSSR count). The molecule has 0 aliphatic heterocycles. The molecule has 0 aliphatic rings. The zero-order valence-corrected chi connectivity index (χ0v) is 13.0. The van der Waals surface area contributed by atoms with Crippen molar-refractivity contribution in [3.05, 3.63) is 41.1 Å². The second-order valence-corrected chi connectivity index (χ2v) is 6.26. The van der Waals surface area contributed by atoms with Crippen LogP contribution in [0.25, 0.3) is 0 Å². The Morgan fingerprint density at radius 2 is 1.80 bits per heavy atom. The summed E-state index contributed by atoms with van der Waals surface area (Å²) in [5.74, 6) is -0.237. The van der Waals surface area contributed by atoms with Crippen molar-refractivity contribution >= 4 is 39.9 Å². The first-order chi connectivity index (χ1) is 9.51. The predicted octanol–water partition coefficient (Wildman–Crippen LogP) is 3.63. The number of nitrogens with one attached hydrogen (secondary N) is 1. The number of aryl methyl sites for hydroxylation is 1. The number of rotatable bonds is 4. The molecule has 1 aromatic heterocycles. The fourth-order valence-electron chi connectivity index (χ4n) is 1.65. The minimum absolute atomic E-state index is 0.0166. The summed E-state index contributed by atoms with van der Waals surface area (Å²) in [4.78, 5) is 27.6. The van der Waals surface area contributed by atoms with Crippen LogP contribution in [0, 0.1) is 6.92 Å². The summed E-state index contributed by atoms with van der Waals surface area (Å²) in [5, 5.41) is 3.36. The normalized spacial score (nSPS) is 10.3. The number of hydrogen-bond acceptors (Lipinski definition) is 5. The van der Waals surface area contributed by atoms with E-state index in [2.05, 4.69) is 10.3 Å². The van der Waals surface area contributed by atoms with Gasteiger partial charge in [-0.15, -0.1) is 11.8 Å². The highest BCUT2D eigenvalue weighted by molar-refractivity contribution is 8.00. The van der Waals surface area contributed by atoms with Crippen LogP contribution in [0.5, 0.6) is 0 Å². The van der Waals surface area contributed by atoms with Crippen molar-refractivity contribution in [1.82, 2.24) is 4.98 Å². The summed E-state index contributed by atoms with van der Waals surface area (Å²) in [7, 11) is 0. The Labute approximate surface area is 125 Å². The maximum atomic E-state index is 12.1. The van der Waals surface area contributed by atoms with Crippen LogP contribution in [0.2, 0.25) is 0 Å². The Bertz CT molecular complexity index is 648. The topological polar surface area (TPSA) is 59.1 Å². The zero-order chi connectivity index (χ0) is 14.7. The summed E-state index contributed by atoms with van der Waals surface area (Å²) < 4.78 is 1.09. The number of nitrogens with zero attached hydrogens (tertiary/aromatic N) is 1. The van der Waals surface area contributed by atoms with Gasteiger partial charge in [0.25, 0.3) is 5.91 Å². The van der Waals surface area contributed by atoms with Gasteiger partial charge in [-0.05, 0) is 32.2 Å². The lowest BCUT2D eigenvalue weighted by atomic mass is 10.1. The summed E-state index contributed by atoms with van der Waals surface area (Å²) in [6.45, 7) is 3.41. The number of carbonyl (C=O) groups is 2. The molecule has 0 spiro atoms. The largest absolute Gasteiger partial charge is 0.298 e. The molecule has 1 amide bonds. The van der Waals surface area contributed by atoms with Crippen molar-refractivity contribution in [2.45, 2.75) is 18.1 Å². The van der Waals surface area contributed by atoms with E-state index in [1.807, 2.05) is 13.2 Å². The molecule has 0 unspecified atom stereocenters. The third-order valence-corrected chi connectivity index (χ3v) is 5.00. The van der Waals surface area contributed by atoms with Gasteiger partial charge in [0.15, 0.2) is 10.9 Å². The second kappa shape index (κ2) is 6.19. The van der Waals surface area contributed by atoms with Crippen molar-refractivity contribution in [3.63, 3.8) is 0 Å². The quantitative estimate of drug-likeness (QED) is 0.692. The van der Waals surface area contributed by atoms with E-state index in [0.717, 1.165) is 9.90 Å². The van der Waals surface area contributed by atoms with Gasteiger partial charge in [0, 0.05) is 11.1 Å². The lowest BCUT2D eigenvalue weighted by Crippen LogP contribution is -2.11. The number of carbonyl (C=O) groups excluding carboxylic acids is 2. The van der Waals surface area contributed by atoms with Crippen LogP contribution < -0.4 is 5.32 Å². The number of ketones is 1. The first-order valence-electron chi connectivity index (χ1n) is 5.95. The fraction of sp³-hybridized carbons (Fsp3) is 0.214. The van der Waals surface area contributed by atoms with Gasteiger partial charge in [-0.2, -0.15) is 0 Å². The number of amides is 1. The molecule has 0 aliphatic carbocycles. The van der Waals surface area contributed by atoms with Crippen LogP contribution in [0.3, 0.4) is 0 Å². The maximum absolute atomic E-state index is 12.1. The Balaban J connectivity index is 2.13. The molecule has 0 fully saturated rings. The molecule has 0 saturated carbocycles. The van der Waals surface area contributed by atoms with E-state index in [0.29, 0.717) is 16.3 Å². The van der Waals surface area contributed by atoms with E-state index < -0.39 is 0 Å². The van der Waals surface area contributed by atoms with Crippen LogP contribution in [0.1, 0.15) is 33.3 Å². The minimum atomic E-state index is -0.221. The van der Waals surface area contributed by atoms with E-state index in [-0.39, 0.29) is 11.7 Å². The van der Waals surface area contributed by atoms with Crippen LogP contribution in [0.4, 0.5) is 5.13 Å². The minimum Gasteiger partial charge on any atom is -0.298 e. The summed E-state index contributed by atoms with van der Waals surface area (Å²) in [6.07, 6.45) is 1.98. The van der Waals surface area contributed by atoms with Gasteiger partial charge < -0.3 is 0 Å². The molecule has 4 nitrogen and oxygen atoms in total. The van der Waals surface area contributed by atoms with Crippen molar-refractivity contribution in [1.29, 1.82) is 0 Å². The standard InChI is InChI=1S/C14H14N2O2S2/c1-8-13(19-3)20-14(15-8)16-12(18)11-6-4-10(5-7-11)9(2)17/h4-7H,1-3H3,(H,15,16,18). The van der Waals surface area contributed by atoms with Gasteiger partial charge in [-0.25, -0.2) is 4.98 Å². The van der Waals surface area contributed by atoms with Gasteiger partial charge >= 0.3 is 0 Å². The molecule has 0 bridgehead atoms. The van der Waals surface area contributed by atoms with E-state index in [4.69, 9.17) is 0 Å². The second-order valence-electron chi connectivity index (χ2n) is 4.18. The molecule has 104 valence electrons. The summed E-state index contributed by atoms with van der Waals surface area (Å²) in [5.41, 5.74) is 2.02. The smallest absolute Gasteiger partial charge is 0.257 e. The number of thioether (sulfide) groups is 1. The van der Waals surface area contributed by atoms with Crippen molar-refractivity contribution < 1.29 is 9.59 Å². The maximum Gasteiger partial charge on any atom is 0.257 e. The Morgan fingerprint density at radius 1 is 1.20 bits per heavy atom. The molecule has 20 heavy (non-hydrogen) atoms. The molecule has 1 aromatic carbocycles. The van der Waals surface area contributed by atoms with Gasteiger partial charge in [-0.1, -0.05) is 23.5 Å². The molecule has 1 heterocycles. The van der Waals surface area contributed by atoms with Crippen LogP contribution in [0.15, 0.2) is 28.5 Å². The first kappa shape index (κ1) is 14.7. The van der Waals surface area contributed by atoms with E-state index in [1.165, 1.54) is 18.3 Å². The molecular weight excluding hydrogens is 292 g/mol. The Morgan fingerprint density at radius 3 is 2.30 bits per heavy atom. The average Bonchev–Trinajstić information content (AvgIpc) is 2.78. The zero-order valence-electron chi connectivity index (χ0n) is 11.4. The Hall–Kier alpha value is -1.66. The van der Waals surface area contributed by atoms with Crippen LogP contribution >= 0.6 is 23.1 Å². The summed E-state index contributed by atoms with van der Waals surface area (Å²) >= 11 is 3.07. The molecule has 1 N–H and O–H groups in total. The number of benzene rings is 1. The highest BCUT2D eigenvalue weighted by atomic mass is 32.2. The monoisotopic (exact) mass is 306 g/mol. The van der Waals surface area contributed by atoms with Gasteiger partial charge in [0.05, 0.1) is 9.90 Å².